The Kier molecular flexibility index (Phi) is 4.21. The van der Waals surface area contributed by atoms with Gasteiger partial charge in [-0.15, -0.1) is 0 Å². The number of nitrogens with one attached hydrogen (secondary N) is 1. The zero-order valence-electron chi connectivity index (χ0n) is 16.5. The number of aromatic nitrogens is 4. The van der Waals surface area contributed by atoms with Crippen LogP contribution in [0.25, 0.3) is 11.1 Å². The molecule has 0 spiro atoms. The molecule has 3 aromatic heterocycles. The van der Waals surface area contributed by atoms with Crippen LogP contribution in [0.15, 0.2) is 20.1 Å². The van der Waals surface area contributed by atoms with E-state index in [2.05, 4.69) is 20.4 Å². The van der Waals surface area contributed by atoms with Crippen molar-refractivity contribution in [2.75, 3.05) is 0 Å². The summed E-state index contributed by atoms with van der Waals surface area (Å²) in [5, 5.41) is 7.01. The van der Waals surface area contributed by atoms with E-state index in [-0.39, 0.29) is 27.6 Å². The van der Waals surface area contributed by atoms with Crippen molar-refractivity contribution in [2.45, 2.75) is 52.5 Å². The lowest BCUT2D eigenvalue weighted by Crippen LogP contribution is -2.42. The molecule has 27 heavy (non-hydrogen) atoms. The summed E-state index contributed by atoms with van der Waals surface area (Å²) in [6.07, 6.45) is 1.35. The Labute approximate surface area is 155 Å². The Morgan fingerprint density at radius 2 is 1.89 bits per heavy atom. The molecule has 0 radical (unpaired) electrons. The zero-order chi connectivity index (χ0) is 20.1. The molecular formula is C18H23N5O4. The molecule has 0 saturated heterocycles. The quantitative estimate of drug-likeness (QED) is 0.748. The molecule has 1 N–H and O–H groups in total. The van der Waals surface area contributed by atoms with Gasteiger partial charge < -0.3 is 18.8 Å². The van der Waals surface area contributed by atoms with Gasteiger partial charge in [0, 0.05) is 12.5 Å². The fourth-order valence-electron chi connectivity index (χ4n) is 2.64. The molecule has 0 aromatic carbocycles. The van der Waals surface area contributed by atoms with Crippen LogP contribution in [0.3, 0.4) is 0 Å². The third-order valence-corrected chi connectivity index (χ3v) is 4.23. The predicted molar refractivity (Wildman–Crippen MR) is 97.5 cm³/mol. The minimum atomic E-state index is -0.923. The van der Waals surface area contributed by atoms with Gasteiger partial charge in [0.05, 0.1) is 11.1 Å². The van der Waals surface area contributed by atoms with Crippen molar-refractivity contribution in [3.63, 3.8) is 0 Å². The van der Waals surface area contributed by atoms with Crippen LogP contribution in [-0.2, 0) is 18.0 Å². The summed E-state index contributed by atoms with van der Waals surface area (Å²) in [5.41, 5.74) is -1.29. The molecule has 3 heterocycles. The molecule has 0 saturated carbocycles. The molecule has 9 nitrogen and oxygen atoms in total. The molecule has 144 valence electrons. The van der Waals surface area contributed by atoms with E-state index in [9.17, 15) is 9.59 Å². The number of rotatable bonds is 3. The number of nitrogens with zero attached hydrogens (tertiary/aromatic N) is 4. The van der Waals surface area contributed by atoms with E-state index in [1.54, 1.807) is 27.8 Å². The lowest BCUT2D eigenvalue weighted by Gasteiger charge is -2.22. The number of furan rings is 1. The van der Waals surface area contributed by atoms with E-state index < -0.39 is 11.4 Å². The van der Waals surface area contributed by atoms with Crippen LogP contribution in [0.5, 0.6) is 0 Å². The number of amides is 1. The van der Waals surface area contributed by atoms with Crippen LogP contribution in [0, 0.1) is 6.92 Å². The smallest absolute Gasteiger partial charge is 0.265 e. The molecule has 0 bridgehead atoms. The van der Waals surface area contributed by atoms with E-state index in [1.165, 1.54) is 10.9 Å². The van der Waals surface area contributed by atoms with Gasteiger partial charge in [0.2, 0.25) is 11.6 Å². The van der Waals surface area contributed by atoms with Gasteiger partial charge >= 0.3 is 0 Å². The summed E-state index contributed by atoms with van der Waals surface area (Å²) in [4.78, 5) is 33.9. The fraction of sp³-hybridized carbons (Fsp3) is 0.500. The second-order valence-electron chi connectivity index (χ2n) is 8.13. The monoisotopic (exact) mass is 373 g/mol. The summed E-state index contributed by atoms with van der Waals surface area (Å²) < 4.78 is 12.1. The molecule has 1 amide bonds. The fourth-order valence-corrected chi connectivity index (χ4v) is 2.64. The first-order valence-corrected chi connectivity index (χ1v) is 8.53. The van der Waals surface area contributed by atoms with Gasteiger partial charge in [0.15, 0.2) is 5.82 Å². The Bertz CT molecular complexity index is 1080. The summed E-state index contributed by atoms with van der Waals surface area (Å²) >= 11 is 0. The second kappa shape index (κ2) is 6.04. The van der Waals surface area contributed by atoms with Crippen molar-refractivity contribution in [3.8, 4) is 0 Å². The maximum Gasteiger partial charge on any atom is 0.265 e. The van der Waals surface area contributed by atoms with Gasteiger partial charge in [-0.2, -0.15) is 4.98 Å². The average Bonchev–Trinajstić information content (AvgIpc) is 3.15. The zero-order valence-corrected chi connectivity index (χ0v) is 16.5. The SMILES string of the molecule is Cc1oc2ncn(C)c(=O)c2c1C(=O)NC(C)(C)c1noc(C(C)(C)C)n1. The van der Waals surface area contributed by atoms with Gasteiger partial charge in [-0.1, -0.05) is 25.9 Å². The van der Waals surface area contributed by atoms with E-state index in [1.807, 2.05) is 20.8 Å². The third-order valence-electron chi connectivity index (χ3n) is 4.23. The molecule has 0 aliphatic carbocycles. The van der Waals surface area contributed by atoms with Gasteiger partial charge in [0.25, 0.3) is 11.5 Å². The highest BCUT2D eigenvalue weighted by Crippen LogP contribution is 2.26. The summed E-state index contributed by atoms with van der Waals surface area (Å²) in [7, 11) is 1.57. The number of hydrogen-bond acceptors (Lipinski definition) is 7. The number of aryl methyl sites for hydroxylation is 2. The van der Waals surface area contributed by atoms with E-state index >= 15 is 0 Å². The second-order valence-corrected chi connectivity index (χ2v) is 8.13. The van der Waals surface area contributed by atoms with E-state index in [4.69, 9.17) is 8.94 Å². The van der Waals surface area contributed by atoms with Crippen molar-refractivity contribution >= 4 is 17.0 Å². The summed E-state index contributed by atoms with van der Waals surface area (Å²) in [5.74, 6) is 0.668. The highest BCUT2D eigenvalue weighted by molar-refractivity contribution is 6.06. The molecule has 9 heteroatoms. The topological polar surface area (TPSA) is 116 Å². The van der Waals surface area contributed by atoms with Crippen molar-refractivity contribution in [1.82, 2.24) is 25.0 Å². The van der Waals surface area contributed by atoms with Gasteiger partial charge in [-0.3, -0.25) is 9.59 Å². The molecule has 0 atom stereocenters. The first kappa shape index (κ1) is 18.8. The normalized spacial score (nSPS) is 12.6. The molecule has 3 aromatic rings. The summed E-state index contributed by atoms with van der Waals surface area (Å²) in [6.45, 7) is 11.0. The molecule has 0 aliphatic rings. The van der Waals surface area contributed by atoms with Gasteiger partial charge in [0.1, 0.15) is 17.5 Å². The van der Waals surface area contributed by atoms with Crippen LogP contribution in [0.4, 0.5) is 0 Å². The third kappa shape index (κ3) is 3.24. The maximum absolute atomic E-state index is 13.0. The van der Waals surface area contributed by atoms with Crippen LogP contribution >= 0.6 is 0 Å². The van der Waals surface area contributed by atoms with Crippen molar-refractivity contribution in [3.05, 3.63) is 39.7 Å². The van der Waals surface area contributed by atoms with Crippen LogP contribution < -0.4 is 10.9 Å². The number of fused-ring (bicyclic) bond motifs is 1. The number of carbonyl (C=O) groups is 1. The van der Waals surface area contributed by atoms with E-state index in [0.29, 0.717) is 17.5 Å². The molecule has 3 rings (SSSR count). The molecule has 0 aliphatic heterocycles. The molecular weight excluding hydrogens is 350 g/mol. The highest BCUT2D eigenvalue weighted by Gasteiger charge is 2.33. The van der Waals surface area contributed by atoms with Gasteiger partial charge in [-0.05, 0) is 20.8 Å². The highest BCUT2D eigenvalue weighted by atomic mass is 16.5. The lowest BCUT2D eigenvalue weighted by molar-refractivity contribution is 0.0907. The van der Waals surface area contributed by atoms with Gasteiger partial charge in [-0.25, -0.2) is 4.98 Å². The Morgan fingerprint density at radius 1 is 1.22 bits per heavy atom. The van der Waals surface area contributed by atoms with Crippen LogP contribution in [-0.4, -0.2) is 25.6 Å². The average molecular weight is 373 g/mol. The number of carbonyl (C=O) groups excluding carboxylic acids is 1. The number of hydrogen-bond donors (Lipinski definition) is 1. The minimum absolute atomic E-state index is 0.133. The van der Waals surface area contributed by atoms with E-state index in [0.717, 1.165) is 0 Å². The Balaban J connectivity index is 1.99. The lowest BCUT2D eigenvalue weighted by atomic mass is 9.96. The summed E-state index contributed by atoms with van der Waals surface area (Å²) in [6, 6.07) is 0. The Hall–Kier alpha value is -2.97. The standard InChI is InChI=1S/C18H23N5O4/c1-9-10(11-13(26-9)19-8-23(7)14(11)25)12(24)21-18(5,6)15-20-16(27-22-15)17(2,3)4/h8H,1-7H3,(H,21,24). The minimum Gasteiger partial charge on any atom is -0.442 e. The van der Waals surface area contributed by atoms with Crippen molar-refractivity contribution in [2.24, 2.45) is 7.05 Å². The van der Waals surface area contributed by atoms with Crippen molar-refractivity contribution in [1.29, 1.82) is 0 Å². The first-order chi connectivity index (χ1) is 12.4. The maximum atomic E-state index is 13.0. The first-order valence-electron chi connectivity index (χ1n) is 8.53. The van der Waals surface area contributed by atoms with Crippen LogP contribution in [0.1, 0.15) is 62.5 Å². The van der Waals surface area contributed by atoms with Crippen LogP contribution in [0.2, 0.25) is 0 Å². The molecule has 0 fully saturated rings. The van der Waals surface area contributed by atoms with Crippen molar-refractivity contribution < 1.29 is 13.7 Å². The predicted octanol–water partition coefficient (Wildman–Crippen LogP) is 2.18. The molecule has 0 unspecified atom stereocenters. The largest absolute Gasteiger partial charge is 0.442 e. The Morgan fingerprint density at radius 3 is 2.48 bits per heavy atom.